The van der Waals surface area contributed by atoms with Gasteiger partial charge in [0.1, 0.15) is 0 Å². The molecule has 48 heavy (non-hydrogen) atoms. The summed E-state index contributed by atoms with van der Waals surface area (Å²) >= 11 is 3.80. The molecule has 0 aliphatic carbocycles. The first-order chi connectivity index (χ1) is 23.8. The summed E-state index contributed by atoms with van der Waals surface area (Å²) in [4.78, 5) is 2.40. The molecule has 0 amide bonds. The van der Waals surface area contributed by atoms with Gasteiger partial charge in [-0.15, -0.1) is 22.7 Å². The Morgan fingerprint density at radius 2 is 1.04 bits per heavy atom. The van der Waals surface area contributed by atoms with Crippen LogP contribution in [0.15, 0.2) is 170 Å². The monoisotopic (exact) mass is 650 g/mol. The molecule has 0 spiro atoms. The Kier molecular flexibility index (Phi) is 6.22. The predicted molar refractivity (Wildman–Crippen MR) is 205 cm³/mol. The lowest BCUT2D eigenvalue weighted by Crippen LogP contribution is -2.29. The fourth-order valence-corrected chi connectivity index (χ4v) is 9.76. The molecule has 0 fully saturated rings. The number of pyridine rings is 1. The van der Waals surface area contributed by atoms with Crippen molar-refractivity contribution in [3.05, 3.63) is 170 Å². The van der Waals surface area contributed by atoms with Crippen molar-refractivity contribution in [2.45, 2.75) is 0 Å². The van der Waals surface area contributed by atoms with Gasteiger partial charge in [0.05, 0.1) is 26.1 Å². The van der Waals surface area contributed by atoms with Crippen LogP contribution in [0.25, 0.3) is 62.8 Å². The summed E-state index contributed by atoms with van der Waals surface area (Å²) in [6.07, 6.45) is 4.31. The summed E-state index contributed by atoms with van der Waals surface area (Å²) < 4.78 is 9.96. The Morgan fingerprint density at radius 1 is 0.438 bits per heavy atom. The van der Waals surface area contributed by atoms with E-state index in [4.69, 9.17) is 0 Å². The van der Waals surface area contributed by atoms with E-state index in [2.05, 4.69) is 184 Å². The summed E-state index contributed by atoms with van der Waals surface area (Å²) in [6.45, 7) is 0. The van der Waals surface area contributed by atoms with Gasteiger partial charge in [0, 0.05) is 72.3 Å². The molecule has 10 aromatic rings. The highest BCUT2D eigenvalue weighted by Crippen LogP contribution is 2.46. The van der Waals surface area contributed by atoms with Crippen LogP contribution in [0.2, 0.25) is 0 Å². The lowest BCUT2D eigenvalue weighted by molar-refractivity contribution is -0.595. The van der Waals surface area contributed by atoms with Crippen molar-refractivity contribution in [2.75, 3.05) is 4.90 Å². The van der Waals surface area contributed by atoms with Crippen LogP contribution < -0.4 is 9.47 Å². The summed E-state index contributed by atoms with van der Waals surface area (Å²) in [5.41, 5.74) is 8.08. The van der Waals surface area contributed by atoms with Crippen molar-refractivity contribution in [3.63, 3.8) is 0 Å². The van der Waals surface area contributed by atoms with Crippen LogP contribution in [-0.4, -0.2) is 4.57 Å². The lowest BCUT2D eigenvalue weighted by atomic mass is 10.1. The molecule has 4 heterocycles. The van der Waals surface area contributed by atoms with E-state index in [0.717, 1.165) is 28.4 Å². The van der Waals surface area contributed by atoms with Crippen LogP contribution in [0.3, 0.4) is 0 Å². The van der Waals surface area contributed by atoms with E-state index in [9.17, 15) is 0 Å². The molecule has 0 saturated carbocycles. The number of nitrogens with zero attached hydrogens (tertiary/aromatic N) is 3. The molecule has 4 aromatic heterocycles. The van der Waals surface area contributed by atoms with Crippen molar-refractivity contribution in [1.29, 1.82) is 0 Å². The first kappa shape index (κ1) is 27.4. The highest BCUT2D eigenvalue weighted by atomic mass is 32.1. The van der Waals surface area contributed by atoms with Gasteiger partial charge in [-0.2, -0.15) is 4.57 Å². The van der Waals surface area contributed by atoms with Crippen LogP contribution in [0.4, 0.5) is 17.1 Å². The quantitative estimate of drug-likeness (QED) is 0.169. The van der Waals surface area contributed by atoms with Gasteiger partial charge in [-0.1, -0.05) is 78.9 Å². The number of para-hydroxylation sites is 3. The molecule has 0 atom stereocenters. The van der Waals surface area contributed by atoms with Crippen LogP contribution in [-0.2, 0) is 0 Å². The van der Waals surface area contributed by atoms with Gasteiger partial charge in [-0.25, -0.2) is 0 Å². The van der Waals surface area contributed by atoms with E-state index in [1.807, 2.05) is 22.7 Å². The SMILES string of the molecule is c1ccc(-n2c3ccccc3c3cc(N(c4cc[n+](-c5ccccc5)cc4)c4ccc5c(c4)sc4c6ccccc6sc54)ccc32)cc1. The summed E-state index contributed by atoms with van der Waals surface area (Å²) in [5, 5.41) is 5.16. The molecule has 3 nitrogen and oxygen atoms in total. The maximum atomic E-state index is 2.40. The van der Waals surface area contributed by atoms with E-state index in [0.29, 0.717) is 0 Å². The van der Waals surface area contributed by atoms with Gasteiger partial charge in [-0.3, -0.25) is 0 Å². The molecule has 0 N–H and O–H groups in total. The van der Waals surface area contributed by atoms with Gasteiger partial charge in [0.15, 0.2) is 12.4 Å². The number of aromatic nitrogens is 2. The number of anilines is 3. The largest absolute Gasteiger partial charge is 0.310 e. The number of benzene rings is 6. The number of fused-ring (bicyclic) bond motifs is 8. The predicted octanol–water partition coefficient (Wildman–Crippen LogP) is 12.1. The van der Waals surface area contributed by atoms with E-state index >= 15 is 0 Å². The second-order valence-electron chi connectivity index (χ2n) is 12.1. The van der Waals surface area contributed by atoms with Crippen LogP contribution in [0.5, 0.6) is 0 Å². The Balaban J connectivity index is 1.18. The van der Waals surface area contributed by atoms with Crippen LogP contribution in [0, 0.1) is 0 Å². The van der Waals surface area contributed by atoms with Crippen molar-refractivity contribution >= 4 is 91.1 Å². The molecule has 5 heteroatoms. The van der Waals surface area contributed by atoms with Crippen molar-refractivity contribution < 1.29 is 4.57 Å². The number of hydrogen-bond donors (Lipinski definition) is 0. The van der Waals surface area contributed by atoms with Gasteiger partial charge < -0.3 is 9.47 Å². The molecule has 0 bridgehead atoms. The summed E-state index contributed by atoms with van der Waals surface area (Å²) in [6, 6.07) is 57.0. The zero-order chi connectivity index (χ0) is 31.6. The third-order valence-electron chi connectivity index (χ3n) is 9.28. The normalized spacial score (nSPS) is 11.8. The maximum Gasteiger partial charge on any atom is 0.210 e. The fraction of sp³-hybridized carbons (Fsp3) is 0. The molecular formula is C43H28N3S2+. The molecule has 10 rings (SSSR count). The second-order valence-corrected chi connectivity index (χ2v) is 14.2. The minimum Gasteiger partial charge on any atom is -0.310 e. The van der Waals surface area contributed by atoms with Crippen molar-refractivity contribution in [1.82, 2.24) is 4.57 Å². The third kappa shape index (κ3) is 4.29. The molecule has 0 aliphatic rings. The second kappa shape index (κ2) is 10.9. The van der Waals surface area contributed by atoms with E-state index in [1.54, 1.807) is 0 Å². The molecule has 0 aliphatic heterocycles. The first-order valence-electron chi connectivity index (χ1n) is 16.1. The van der Waals surface area contributed by atoms with E-state index in [1.165, 1.54) is 51.4 Å². The average molecular weight is 651 g/mol. The number of thiophene rings is 2. The van der Waals surface area contributed by atoms with Crippen LogP contribution in [0.1, 0.15) is 0 Å². The first-order valence-corrected chi connectivity index (χ1v) is 17.7. The van der Waals surface area contributed by atoms with Crippen molar-refractivity contribution in [2.24, 2.45) is 0 Å². The molecule has 0 unspecified atom stereocenters. The highest BCUT2D eigenvalue weighted by Gasteiger charge is 2.20. The Morgan fingerprint density at radius 3 is 1.85 bits per heavy atom. The molecule has 226 valence electrons. The number of rotatable bonds is 5. The molecule has 0 saturated heterocycles. The Hall–Kier alpha value is -5.75. The standard InChI is InChI=1S/C43H28N3S2/c1-3-11-29(12-4-1)44-25-23-31(24-26-44)45(33-19-21-36-41(28-33)48-42-35-16-8-10-18-40(35)47-43(36)42)32-20-22-39-37(27-32)34-15-7-9-17-38(34)46(39)30-13-5-2-6-14-30/h1-28H/q+1. The van der Waals surface area contributed by atoms with Crippen LogP contribution >= 0.6 is 22.7 Å². The van der Waals surface area contributed by atoms with Gasteiger partial charge in [0.2, 0.25) is 5.69 Å². The minimum atomic E-state index is 1.11. The third-order valence-corrected chi connectivity index (χ3v) is 11.8. The van der Waals surface area contributed by atoms with Gasteiger partial charge >= 0.3 is 0 Å². The minimum absolute atomic E-state index is 1.11. The highest BCUT2D eigenvalue weighted by molar-refractivity contribution is 7.36. The molecule has 6 aromatic carbocycles. The molecular weight excluding hydrogens is 623 g/mol. The Labute approximate surface area is 285 Å². The fourth-order valence-electron chi connectivity index (χ4n) is 7.07. The zero-order valence-electron chi connectivity index (χ0n) is 25.8. The topological polar surface area (TPSA) is 12.1 Å². The number of hydrogen-bond acceptors (Lipinski definition) is 3. The van der Waals surface area contributed by atoms with E-state index in [-0.39, 0.29) is 0 Å². The van der Waals surface area contributed by atoms with Gasteiger partial charge in [-0.05, 0) is 54.6 Å². The zero-order valence-corrected chi connectivity index (χ0v) is 27.5. The molecule has 0 radical (unpaired) electrons. The van der Waals surface area contributed by atoms with E-state index < -0.39 is 0 Å². The maximum absolute atomic E-state index is 2.40. The van der Waals surface area contributed by atoms with Crippen molar-refractivity contribution in [3.8, 4) is 11.4 Å². The average Bonchev–Trinajstić information content (AvgIpc) is 3.80. The smallest absolute Gasteiger partial charge is 0.210 e. The Bertz CT molecular complexity index is 2770. The lowest BCUT2D eigenvalue weighted by Gasteiger charge is -2.25. The summed E-state index contributed by atoms with van der Waals surface area (Å²) in [5.74, 6) is 0. The summed E-state index contributed by atoms with van der Waals surface area (Å²) in [7, 11) is 0. The van der Waals surface area contributed by atoms with Gasteiger partial charge in [0.25, 0.3) is 0 Å².